The molecule has 0 aliphatic carbocycles. The van der Waals surface area contributed by atoms with E-state index in [0.717, 1.165) is 16.7 Å². The van der Waals surface area contributed by atoms with Gasteiger partial charge in [-0.25, -0.2) is 24.8 Å². The van der Waals surface area contributed by atoms with Gasteiger partial charge in [-0.05, 0) is 90.8 Å². The SMILES string of the molecule is COC(=O)C(CNC(=O)OC(C)(C)C)N(C=O)CC(C)C.Cc1ccc(C#Cc2ccc(-c3cc(C(=O)NNC(=O)OC(C)(C)C)c4cnccc4n3)cc2)cc1. The Morgan fingerprint density at radius 1 is 0.842 bits per heavy atom. The van der Waals surface area contributed by atoms with Crippen LogP contribution in [0, 0.1) is 24.7 Å². The van der Waals surface area contributed by atoms with E-state index in [-0.39, 0.29) is 12.5 Å². The van der Waals surface area contributed by atoms with Gasteiger partial charge < -0.3 is 24.4 Å². The first-order valence-corrected chi connectivity index (χ1v) is 18.3. The van der Waals surface area contributed by atoms with Crippen molar-refractivity contribution in [1.82, 2.24) is 31.0 Å². The van der Waals surface area contributed by atoms with Gasteiger partial charge >= 0.3 is 18.2 Å². The van der Waals surface area contributed by atoms with E-state index in [2.05, 4.69) is 37.7 Å². The Morgan fingerprint density at radius 2 is 1.42 bits per heavy atom. The molecule has 2 aromatic heterocycles. The van der Waals surface area contributed by atoms with Crippen LogP contribution < -0.4 is 16.2 Å². The smallest absolute Gasteiger partial charge is 0.426 e. The predicted octanol–water partition coefficient (Wildman–Crippen LogP) is 6.34. The number of rotatable bonds is 9. The van der Waals surface area contributed by atoms with E-state index >= 15 is 0 Å². The number of hydrazine groups is 1. The van der Waals surface area contributed by atoms with E-state index in [1.807, 2.05) is 69.3 Å². The zero-order valence-corrected chi connectivity index (χ0v) is 34.2. The third-order valence-electron chi connectivity index (χ3n) is 7.54. The Bertz CT molecular complexity index is 2080. The van der Waals surface area contributed by atoms with Crippen LogP contribution in [0.5, 0.6) is 0 Å². The summed E-state index contributed by atoms with van der Waals surface area (Å²) in [5, 5.41) is 3.04. The molecule has 0 aliphatic rings. The van der Waals surface area contributed by atoms with Gasteiger partial charge in [0.1, 0.15) is 17.2 Å². The summed E-state index contributed by atoms with van der Waals surface area (Å²) >= 11 is 0. The molecule has 302 valence electrons. The summed E-state index contributed by atoms with van der Waals surface area (Å²) in [5.41, 5.74) is 8.72. The van der Waals surface area contributed by atoms with Gasteiger partial charge in [-0.2, -0.15) is 0 Å². The summed E-state index contributed by atoms with van der Waals surface area (Å²) in [6, 6.07) is 18.2. The number of fused-ring (bicyclic) bond motifs is 1. The number of nitrogens with zero attached hydrogens (tertiary/aromatic N) is 3. The second kappa shape index (κ2) is 20.4. The summed E-state index contributed by atoms with van der Waals surface area (Å²) in [5.74, 6) is 5.42. The normalized spacial score (nSPS) is 11.4. The number of amides is 4. The lowest BCUT2D eigenvalue weighted by Crippen LogP contribution is -2.50. The number of nitrogens with one attached hydrogen (secondary N) is 3. The summed E-state index contributed by atoms with van der Waals surface area (Å²) < 4.78 is 14.9. The molecule has 2 heterocycles. The van der Waals surface area contributed by atoms with Crippen molar-refractivity contribution in [2.24, 2.45) is 5.92 Å². The van der Waals surface area contributed by atoms with Crippen LogP contribution in [0.15, 0.2) is 73.1 Å². The quantitative estimate of drug-likeness (QED) is 0.0571. The van der Waals surface area contributed by atoms with Gasteiger partial charge in [-0.3, -0.25) is 20.0 Å². The van der Waals surface area contributed by atoms with Crippen LogP contribution in [-0.4, -0.2) is 82.8 Å². The molecule has 14 heteroatoms. The molecular weight excluding hydrogens is 729 g/mol. The molecule has 4 aromatic rings. The highest BCUT2D eigenvalue weighted by atomic mass is 16.6. The maximum Gasteiger partial charge on any atom is 0.426 e. The number of pyridine rings is 2. The molecule has 1 unspecified atom stereocenters. The molecule has 0 fully saturated rings. The highest BCUT2D eigenvalue weighted by molar-refractivity contribution is 6.07. The number of hydrogen-bond acceptors (Lipinski definition) is 10. The molecule has 0 spiro atoms. The van der Waals surface area contributed by atoms with E-state index in [9.17, 15) is 24.0 Å². The molecule has 14 nitrogen and oxygen atoms in total. The number of benzene rings is 2. The average Bonchev–Trinajstić information content (AvgIpc) is 3.14. The lowest BCUT2D eigenvalue weighted by molar-refractivity contribution is -0.149. The fraction of sp³-hybridized carbons (Fsp3) is 0.372. The third kappa shape index (κ3) is 15.3. The zero-order valence-electron chi connectivity index (χ0n) is 34.2. The number of hydrogen-bond donors (Lipinski definition) is 3. The molecular formula is C43H52N6O8. The summed E-state index contributed by atoms with van der Waals surface area (Å²) in [6.07, 6.45) is 2.36. The minimum Gasteiger partial charge on any atom is -0.467 e. The predicted molar refractivity (Wildman–Crippen MR) is 217 cm³/mol. The number of ether oxygens (including phenoxy) is 3. The minimum atomic E-state index is -0.873. The Morgan fingerprint density at radius 3 is 1.96 bits per heavy atom. The van der Waals surface area contributed by atoms with Gasteiger partial charge in [0, 0.05) is 41.0 Å². The van der Waals surface area contributed by atoms with Gasteiger partial charge in [0.25, 0.3) is 5.91 Å². The molecule has 1 atom stereocenters. The maximum absolute atomic E-state index is 13.0. The van der Waals surface area contributed by atoms with E-state index in [1.54, 1.807) is 66.1 Å². The first kappa shape index (κ1) is 44.9. The number of aryl methyl sites for hydroxylation is 1. The van der Waals surface area contributed by atoms with Gasteiger partial charge in [-0.1, -0.05) is 55.5 Å². The van der Waals surface area contributed by atoms with Gasteiger partial charge in [0.15, 0.2) is 0 Å². The number of esters is 1. The summed E-state index contributed by atoms with van der Waals surface area (Å²) in [4.78, 5) is 69.6. The van der Waals surface area contributed by atoms with Crippen LogP contribution >= 0.6 is 0 Å². The van der Waals surface area contributed by atoms with Crippen molar-refractivity contribution >= 4 is 41.4 Å². The minimum absolute atomic E-state index is 0.0625. The van der Waals surface area contributed by atoms with Gasteiger partial charge in [0.2, 0.25) is 6.41 Å². The molecule has 0 saturated heterocycles. The fourth-order valence-corrected chi connectivity index (χ4v) is 5.02. The lowest BCUT2D eigenvalue weighted by Gasteiger charge is -2.28. The third-order valence-corrected chi connectivity index (χ3v) is 7.54. The van der Waals surface area contributed by atoms with Crippen LogP contribution in [0.3, 0.4) is 0 Å². The van der Waals surface area contributed by atoms with E-state index in [0.29, 0.717) is 35.1 Å². The molecule has 0 aliphatic heterocycles. The molecule has 4 amide bonds. The number of aromatic nitrogens is 2. The van der Waals surface area contributed by atoms with Crippen molar-refractivity contribution in [3.05, 3.63) is 95.3 Å². The first-order chi connectivity index (χ1) is 26.8. The summed E-state index contributed by atoms with van der Waals surface area (Å²) in [6.45, 7) is 16.6. The Balaban J connectivity index is 0.000000356. The van der Waals surface area contributed by atoms with E-state index < -0.39 is 41.3 Å². The van der Waals surface area contributed by atoms with Crippen molar-refractivity contribution < 1.29 is 38.2 Å². The maximum atomic E-state index is 13.0. The zero-order chi connectivity index (χ0) is 42.3. The molecule has 0 saturated carbocycles. The van der Waals surface area contributed by atoms with Crippen molar-refractivity contribution in [1.29, 1.82) is 0 Å². The lowest BCUT2D eigenvalue weighted by atomic mass is 10.0. The Labute approximate surface area is 334 Å². The van der Waals surface area contributed by atoms with Crippen molar-refractivity contribution in [2.75, 3.05) is 20.2 Å². The standard InChI is InChI=1S/C29H26N4O3.C14H26N2O5/c1-19-5-7-20(8-6-19)9-10-21-11-13-22(14-12-21)26-17-23(24-18-30-16-15-25(24)31-26)27(34)32-33-28(35)36-29(2,3)4;1-10(2)8-16(9-17)11(12(18)20-6)7-15-13(19)21-14(3,4)5/h5-8,11-18H,1-4H3,(H,32,34)(H,33,35);9-11H,7-8H2,1-6H3,(H,15,19). The van der Waals surface area contributed by atoms with Crippen LogP contribution in [0.4, 0.5) is 9.59 Å². The van der Waals surface area contributed by atoms with Crippen LogP contribution in [0.2, 0.25) is 0 Å². The van der Waals surface area contributed by atoms with Crippen LogP contribution in [0.1, 0.15) is 82.4 Å². The van der Waals surface area contributed by atoms with Crippen LogP contribution in [0.25, 0.3) is 22.2 Å². The highest BCUT2D eigenvalue weighted by Gasteiger charge is 2.28. The second-order valence-corrected chi connectivity index (χ2v) is 15.3. The van der Waals surface area contributed by atoms with E-state index in [1.165, 1.54) is 17.6 Å². The Hall–Kier alpha value is -6.49. The molecule has 0 radical (unpaired) electrons. The summed E-state index contributed by atoms with van der Waals surface area (Å²) in [7, 11) is 1.24. The molecule has 3 N–H and O–H groups in total. The largest absolute Gasteiger partial charge is 0.467 e. The molecule has 4 rings (SSSR count). The molecule has 57 heavy (non-hydrogen) atoms. The number of alkyl carbamates (subject to hydrolysis) is 1. The topological polar surface area (TPSA) is 178 Å². The fourth-order valence-electron chi connectivity index (χ4n) is 5.02. The van der Waals surface area contributed by atoms with Crippen molar-refractivity contribution in [3.63, 3.8) is 0 Å². The van der Waals surface area contributed by atoms with Gasteiger partial charge in [-0.15, -0.1) is 0 Å². The van der Waals surface area contributed by atoms with E-state index in [4.69, 9.17) is 14.5 Å². The highest BCUT2D eigenvalue weighted by Crippen LogP contribution is 2.25. The molecule has 2 aromatic carbocycles. The molecule has 0 bridgehead atoms. The monoisotopic (exact) mass is 780 g/mol. The Kier molecular flexibility index (Phi) is 16.1. The first-order valence-electron chi connectivity index (χ1n) is 18.3. The average molecular weight is 781 g/mol. The second-order valence-electron chi connectivity index (χ2n) is 15.3. The van der Waals surface area contributed by atoms with Crippen LogP contribution in [-0.2, 0) is 23.8 Å². The van der Waals surface area contributed by atoms with Crippen molar-refractivity contribution in [2.45, 2.75) is 79.6 Å². The number of methoxy groups -OCH3 is 1. The number of carbonyl (C=O) groups is 5. The van der Waals surface area contributed by atoms with Gasteiger partial charge in [0.05, 0.1) is 30.4 Å². The number of carbonyl (C=O) groups excluding carboxylic acids is 5. The van der Waals surface area contributed by atoms with Crippen molar-refractivity contribution in [3.8, 4) is 23.1 Å².